The maximum Gasteiger partial charge on any atom is 0.303 e. The third-order valence-electron chi connectivity index (χ3n) is 51.5. The first-order valence-electron chi connectivity index (χ1n) is 72.5. The van der Waals surface area contributed by atoms with Crippen LogP contribution in [0.15, 0.2) is 0 Å². The van der Waals surface area contributed by atoms with Gasteiger partial charge in [0.15, 0.2) is 0 Å². The van der Waals surface area contributed by atoms with Crippen molar-refractivity contribution in [3.8, 4) is 0 Å². The van der Waals surface area contributed by atoms with Gasteiger partial charge in [0.1, 0.15) is 0 Å². The van der Waals surface area contributed by atoms with Gasteiger partial charge in [-0.2, -0.15) is 0 Å². The maximum absolute atomic E-state index is 12.1. The summed E-state index contributed by atoms with van der Waals surface area (Å²) in [7, 11) is 0. The number of carbonyl (C=O) groups is 5. The first-order valence-corrected chi connectivity index (χ1v) is 60.5. The molecule has 0 unspecified atom stereocenters. The minimum absolute atomic E-state index is 0.00253. The van der Waals surface area contributed by atoms with E-state index in [1.807, 2.05) is 6.92 Å². The Morgan fingerprint density at radius 3 is 0.733 bits per heavy atom. The van der Waals surface area contributed by atoms with E-state index in [2.05, 4.69) is 96.9 Å². The van der Waals surface area contributed by atoms with Crippen molar-refractivity contribution in [2.75, 3.05) is 0 Å². The second-order valence-corrected chi connectivity index (χ2v) is 57.4. The van der Waals surface area contributed by atoms with Crippen LogP contribution in [0.4, 0.5) is 0 Å². The molecule has 0 amide bonds. The molecule has 55 atom stereocenters. The summed E-state index contributed by atoms with van der Waals surface area (Å²) in [6.45, 7) is 26.7. The lowest BCUT2D eigenvalue weighted by atomic mass is 9.41. The molecule has 0 aromatic carbocycles. The van der Waals surface area contributed by atoms with E-state index in [-0.39, 0.29) is 197 Å². The van der Waals surface area contributed by atoms with E-state index in [1.165, 1.54) is 6.92 Å². The molecule has 20 fully saturated rings. The van der Waals surface area contributed by atoms with Crippen molar-refractivity contribution in [1.29, 1.82) is 0 Å². The van der Waals surface area contributed by atoms with Crippen LogP contribution in [0.5, 0.6) is 0 Å². The van der Waals surface area contributed by atoms with Gasteiger partial charge in [-0.05, 0) is 518 Å². The molecule has 20 rings (SSSR count). The molecule has 150 heavy (non-hydrogen) atoms. The van der Waals surface area contributed by atoms with Crippen LogP contribution >= 0.6 is 0 Å². The number of aliphatic hydroxyl groups excluding tert-OH is 6. The van der Waals surface area contributed by atoms with E-state index in [0.717, 1.165) is 128 Å². The second-order valence-electron chi connectivity index (χ2n) is 57.4. The normalized spacial score (nSPS) is 58.0. The molecule has 20 nitrogen and oxygen atoms in total. The molecule has 15 N–H and O–H groups in total. The molecule has 20 aliphatic rings. The zero-order valence-corrected chi connectivity index (χ0v) is 94.7. The summed E-state index contributed by atoms with van der Waals surface area (Å²) in [5.74, 6) is -14.7. The van der Waals surface area contributed by atoms with Crippen molar-refractivity contribution in [2.45, 2.75) is 520 Å². The standard InChI is InChI=1S/5C26H44O4/c5*1-5-17-21-14-16(27)10-12-26(21,4)20-11-13-25(3)18(15(2)6-9-22(28)29)7-8-19(25)23(20)24(17)30/h5*15-21,23-24,27,30H,5-14H2,1-4H3,(H,28,29)/t3*15-,16-,17+,18-,19+,20+,21+,23+,24-,25-,26-;2*15-,16-,17-,18-,19+,20+,21+,23+,24-,25-,26-/m11111/s1/i1D3,5D2,17D,24D;5D2,17D,24D;1D3,17D,24D;1D3,5D2,24D;5D2. The van der Waals surface area contributed by atoms with Crippen molar-refractivity contribution >= 4 is 29.8 Å². The molecule has 0 heterocycles. The van der Waals surface area contributed by atoms with Crippen LogP contribution in [-0.4, -0.2) is 167 Å². The molecule has 0 bridgehead atoms. The van der Waals surface area contributed by atoms with E-state index in [1.54, 1.807) is 6.92 Å². The number of hydrogen-bond acceptors (Lipinski definition) is 15. The Morgan fingerprint density at radius 2 is 0.473 bits per heavy atom. The fourth-order valence-electron chi connectivity index (χ4n) is 43.7. The van der Waals surface area contributed by atoms with Crippen LogP contribution in [-0.2, 0) is 24.0 Å². The van der Waals surface area contributed by atoms with Crippen molar-refractivity contribution in [3.63, 3.8) is 0 Å². The highest BCUT2D eigenvalue weighted by Gasteiger charge is 2.73. The van der Waals surface area contributed by atoms with E-state index >= 15 is 0 Å². The zero-order chi connectivity index (χ0) is 130. The quantitative estimate of drug-likeness (QED) is 0.0404. The van der Waals surface area contributed by atoms with Crippen molar-refractivity contribution < 1.29 is 133 Å². The van der Waals surface area contributed by atoms with Gasteiger partial charge in [0.05, 0.1) is 66.4 Å². The Morgan fingerprint density at radius 1 is 0.253 bits per heavy atom. The van der Waals surface area contributed by atoms with Crippen LogP contribution in [0.1, 0.15) is 492 Å². The summed E-state index contributed by atoms with van der Waals surface area (Å²) in [6, 6.07) is 0. The molecule has 20 saturated carbocycles. The minimum atomic E-state index is -3.23. The van der Waals surface area contributed by atoms with E-state index in [0.29, 0.717) is 132 Å². The smallest absolute Gasteiger partial charge is 0.303 e. The van der Waals surface area contributed by atoms with Crippen LogP contribution in [0.3, 0.4) is 0 Å². The fraction of sp³-hybridized carbons (Fsp3) is 0.962. The molecule has 0 spiro atoms. The van der Waals surface area contributed by atoms with E-state index < -0.39 is 236 Å². The fourth-order valence-corrected chi connectivity index (χ4v) is 43.7. The largest absolute Gasteiger partial charge is 0.481 e. The van der Waals surface area contributed by atoms with Gasteiger partial charge >= 0.3 is 29.8 Å². The summed E-state index contributed by atoms with van der Waals surface area (Å²) < 4.78 is 208. The number of fused-ring (bicyclic) bond motifs is 25. The summed E-state index contributed by atoms with van der Waals surface area (Å²) in [5, 5.41) is 159. The molecule has 0 aromatic heterocycles. The molecule has 20 aliphatic carbocycles. The third-order valence-corrected chi connectivity index (χ3v) is 51.5. The number of carboxylic acid groups (broad SMARTS) is 5. The predicted molar refractivity (Wildman–Crippen MR) is 589 cm³/mol. The SMILES string of the molecule is [2H]C([2H])(C)[C@@]1([2H])[C@@H]2C[C@H](O)CC[C@]2(C)[C@H]2CC[C@]3(C)[C@@H]([C@H](C)CCC(=O)O)CC[C@H]3[C@@H]2[C@]1([2H])O.[2H]C([2H])(C)[C@H]1[C@@H](O)[C@@H]2[C@H](CC[C@]3(C)[C@@H]([C@H](C)CCC(=O)O)CC[C@@H]23)[C@@]2(C)CC[C@@H](O)C[C@@H]12.[2H]C([2H])([2H])C([2H])([2H])[C@@H]1[C@@H]2C[C@H](O)CC[C@]2(C)[C@H]2CC[C@]3(C)[C@@H]([C@H](C)CCC(=O)O)CC[C@H]3[C@@H]2[C@]1([2H])O.[2H]C([2H])([2H])C([2H])([2H])[C@@]1([2H])[C@@H]2C[C@H](O)CC[C@]2(C)[C@H]2CC[C@]3(C)[C@@H]([C@H](C)CCC(=O)O)CC[C@H]3[C@@H]2[C@]1([2H])O.[2H]C([2H])([2H])C[C@@]1([2H])[C@@H]2C[C@H](O)CC[C@]2(C)[C@H]2CC[C@]3(C)[C@@H]([C@H](C)CCC(=O)O)CC[C@H]3[C@@H]2[C@]1([2H])O. The van der Waals surface area contributed by atoms with Crippen LogP contribution in [0.2, 0.25) is 0 Å². The summed E-state index contributed by atoms with van der Waals surface area (Å²) in [6.07, 6.45) is 5.62. The Kier molecular flexibility index (Phi) is 28.0. The Balaban J connectivity index is 0.000000151. The number of rotatable bonds is 25. The Hall–Kier alpha value is -3.05. The van der Waals surface area contributed by atoms with Crippen molar-refractivity contribution in [3.05, 3.63) is 0 Å². The predicted octanol–water partition coefficient (Wildman–Crippen LogP) is 25.6. The lowest BCUT2D eigenvalue weighted by molar-refractivity contribution is -0.203. The highest BCUT2D eigenvalue weighted by Crippen LogP contribution is 2.78. The average molecular weight is 2130 g/mol. The molecule has 20 heteroatoms. The van der Waals surface area contributed by atoms with Gasteiger partial charge in [0.25, 0.3) is 0 Å². The van der Waals surface area contributed by atoms with Gasteiger partial charge in [0.2, 0.25) is 0 Å². The van der Waals surface area contributed by atoms with Gasteiger partial charge in [-0.25, -0.2) is 0 Å². The first kappa shape index (κ1) is 90.5. The molecular weight excluding hydrogens is 1880 g/mol. The summed E-state index contributed by atoms with van der Waals surface area (Å²) in [5.41, 5.74) is -2.79. The topological polar surface area (TPSA) is 389 Å². The van der Waals surface area contributed by atoms with Crippen LogP contribution in [0, 0.1) is 261 Å². The van der Waals surface area contributed by atoms with Crippen LogP contribution in [0.25, 0.3) is 0 Å². The zero-order valence-electron chi connectivity index (χ0n) is 119. The molecular formula is C130H220O20. The monoisotopic (exact) mass is 2130 g/mol. The van der Waals surface area contributed by atoms with Gasteiger partial charge in [0, 0.05) is 59.5 Å². The maximum atomic E-state index is 12.1. The van der Waals surface area contributed by atoms with E-state index in [9.17, 15) is 105 Å². The van der Waals surface area contributed by atoms with Crippen molar-refractivity contribution in [2.24, 2.45) is 261 Å². The molecule has 0 saturated heterocycles. The minimum Gasteiger partial charge on any atom is -0.481 e. The first-order chi connectivity index (χ1) is 79.4. The van der Waals surface area contributed by atoms with Crippen molar-refractivity contribution in [1.82, 2.24) is 0 Å². The molecule has 0 aliphatic heterocycles. The average Bonchev–Trinajstić information content (AvgIpc) is 1.65. The Bertz CT molecular complexity index is 5690. The van der Waals surface area contributed by atoms with Gasteiger partial charge < -0.3 is 76.6 Å². The van der Waals surface area contributed by atoms with E-state index in [4.69, 9.17) is 28.4 Å². The van der Waals surface area contributed by atoms with Gasteiger partial charge in [-0.1, -0.05) is 170 Å². The molecule has 0 aromatic rings. The molecule has 0 radical (unpaired) electrons. The van der Waals surface area contributed by atoms with Gasteiger partial charge in [-0.15, -0.1) is 0 Å². The van der Waals surface area contributed by atoms with Gasteiger partial charge in [-0.3, -0.25) is 24.0 Å². The summed E-state index contributed by atoms with van der Waals surface area (Å²) in [4.78, 5) is 55.9. The number of carboxylic acids is 5. The summed E-state index contributed by atoms with van der Waals surface area (Å²) >= 11 is 0. The lowest BCUT2D eigenvalue weighted by Crippen LogP contribution is -2.62. The third kappa shape index (κ3) is 21.1. The highest BCUT2D eigenvalue weighted by molar-refractivity contribution is 5.68. The Labute approximate surface area is 940 Å². The number of aliphatic carboxylic acids is 5. The van der Waals surface area contributed by atoms with Crippen LogP contribution < -0.4 is 0 Å². The number of aliphatic hydroxyl groups is 10. The number of hydrogen-bond donors (Lipinski definition) is 15. The second kappa shape index (κ2) is 46.4. The molecule has 860 valence electrons. The lowest BCUT2D eigenvalue weighted by Gasteiger charge is -2.64. The highest BCUT2D eigenvalue weighted by atomic mass is 16.4.